The number of fused-ring (bicyclic) bond motifs is 1. The maximum absolute atomic E-state index is 11.8. The maximum atomic E-state index is 11.8. The van der Waals surface area contributed by atoms with Crippen LogP contribution in [0.15, 0.2) is 48.8 Å². The molecule has 4 N–H and O–H groups in total. The Balaban J connectivity index is 1.49. The average molecular weight is 407 g/mol. The van der Waals surface area contributed by atoms with Gasteiger partial charge in [0.2, 0.25) is 0 Å². The van der Waals surface area contributed by atoms with E-state index in [2.05, 4.69) is 37.8 Å². The Morgan fingerprint density at radius 2 is 2.10 bits per heavy atom. The number of anilines is 1. The van der Waals surface area contributed by atoms with Crippen molar-refractivity contribution in [1.29, 1.82) is 0 Å². The fourth-order valence-electron chi connectivity index (χ4n) is 2.70. The number of benzene rings is 1. The molecule has 0 spiro atoms. The van der Waals surface area contributed by atoms with E-state index in [0.717, 1.165) is 22.2 Å². The van der Waals surface area contributed by atoms with Gasteiger partial charge in [0.1, 0.15) is 12.3 Å². The van der Waals surface area contributed by atoms with Crippen molar-refractivity contribution in [2.45, 2.75) is 13.1 Å². The number of rotatable bonds is 6. The van der Waals surface area contributed by atoms with Crippen LogP contribution in [-0.2, 0) is 22.6 Å². The summed E-state index contributed by atoms with van der Waals surface area (Å²) in [4.78, 5) is 19.1. The summed E-state index contributed by atoms with van der Waals surface area (Å²) in [5.74, 6) is 4.71. The molecule has 0 aliphatic carbocycles. The molecule has 0 atom stereocenters. The van der Waals surface area contributed by atoms with E-state index in [1.165, 1.54) is 7.11 Å². The molecule has 2 heterocycles. The second-order valence-corrected chi connectivity index (χ2v) is 6.54. The Morgan fingerprint density at radius 1 is 1.24 bits per heavy atom. The van der Waals surface area contributed by atoms with Crippen molar-refractivity contribution in [1.82, 2.24) is 20.6 Å². The van der Waals surface area contributed by atoms with E-state index in [1.807, 2.05) is 42.6 Å². The molecule has 1 amide bonds. The predicted octanol–water partition coefficient (Wildman–Crippen LogP) is 2.32. The third kappa shape index (κ3) is 6.04. The SMILES string of the molecule is COCC#CC(=O)Nc1cccc(CNC(=S)NCc2ccnc3[nH]ccc23)c1. The summed E-state index contributed by atoms with van der Waals surface area (Å²) in [6.45, 7) is 1.34. The van der Waals surface area contributed by atoms with Gasteiger partial charge in [0.15, 0.2) is 5.11 Å². The van der Waals surface area contributed by atoms with Crippen LogP contribution in [0.25, 0.3) is 11.0 Å². The van der Waals surface area contributed by atoms with E-state index in [1.54, 1.807) is 6.20 Å². The number of ether oxygens (including phenoxy) is 1. The standard InChI is InChI=1S/C21H21N5O2S/c1-28-11-3-6-19(27)26-17-5-2-4-15(12-17)13-24-21(29)25-14-16-7-9-22-20-18(16)8-10-23-20/h2,4-5,7-10,12H,11,13-14H2,1H3,(H,22,23)(H,26,27)(H2,24,25,29). The van der Waals surface area contributed by atoms with Crippen LogP contribution in [0.2, 0.25) is 0 Å². The minimum absolute atomic E-state index is 0.219. The highest BCUT2D eigenvalue weighted by molar-refractivity contribution is 7.80. The molecule has 2 aromatic heterocycles. The number of H-pyrrole nitrogens is 1. The quantitative estimate of drug-likeness (QED) is 0.370. The van der Waals surface area contributed by atoms with Gasteiger partial charge in [0.05, 0.1) is 0 Å². The third-order valence-electron chi connectivity index (χ3n) is 4.05. The number of hydrogen-bond acceptors (Lipinski definition) is 4. The number of amides is 1. The smallest absolute Gasteiger partial charge is 0.300 e. The number of hydrogen-bond donors (Lipinski definition) is 4. The normalized spacial score (nSPS) is 10.1. The summed E-state index contributed by atoms with van der Waals surface area (Å²) in [5, 5.41) is 10.7. The lowest BCUT2D eigenvalue weighted by molar-refractivity contribution is -0.111. The first-order valence-electron chi connectivity index (χ1n) is 8.96. The van der Waals surface area contributed by atoms with Gasteiger partial charge in [-0.25, -0.2) is 4.98 Å². The summed E-state index contributed by atoms with van der Waals surface area (Å²) in [5.41, 5.74) is 3.62. The van der Waals surface area contributed by atoms with Gasteiger partial charge in [-0.1, -0.05) is 18.1 Å². The highest BCUT2D eigenvalue weighted by Gasteiger charge is 2.04. The summed E-state index contributed by atoms with van der Waals surface area (Å²) < 4.78 is 4.80. The lowest BCUT2D eigenvalue weighted by Crippen LogP contribution is -2.34. The van der Waals surface area contributed by atoms with Crippen molar-refractivity contribution < 1.29 is 9.53 Å². The number of aromatic nitrogens is 2. The lowest BCUT2D eigenvalue weighted by Gasteiger charge is -2.12. The molecule has 0 fully saturated rings. The molecule has 29 heavy (non-hydrogen) atoms. The first kappa shape index (κ1) is 20.3. The highest BCUT2D eigenvalue weighted by Crippen LogP contribution is 2.14. The number of nitrogens with zero attached hydrogens (tertiary/aromatic N) is 1. The zero-order chi connectivity index (χ0) is 20.5. The molecule has 0 aliphatic rings. The zero-order valence-corrected chi connectivity index (χ0v) is 16.7. The summed E-state index contributed by atoms with van der Waals surface area (Å²) in [7, 11) is 1.53. The Kier molecular flexibility index (Phi) is 7.16. The van der Waals surface area contributed by atoms with E-state index in [4.69, 9.17) is 17.0 Å². The van der Waals surface area contributed by atoms with Crippen LogP contribution >= 0.6 is 12.2 Å². The number of nitrogens with one attached hydrogen (secondary N) is 4. The van der Waals surface area contributed by atoms with E-state index < -0.39 is 0 Å². The second kappa shape index (κ2) is 10.2. The fourth-order valence-corrected chi connectivity index (χ4v) is 2.85. The summed E-state index contributed by atoms with van der Waals surface area (Å²) in [6, 6.07) is 11.5. The van der Waals surface area contributed by atoms with Crippen LogP contribution in [0.4, 0.5) is 5.69 Å². The van der Waals surface area contributed by atoms with Crippen LogP contribution in [0.5, 0.6) is 0 Å². The topological polar surface area (TPSA) is 91.1 Å². The van der Waals surface area contributed by atoms with E-state index in [9.17, 15) is 4.79 Å². The van der Waals surface area contributed by atoms with Gasteiger partial charge in [0, 0.05) is 43.7 Å². The van der Waals surface area contributed by atoms with E-state index in [-0.39, 0.29) is 12.5 Å². The number of pyridine rings is 1. The van der Waals surface area contributed by atoms with Crippen LogP contribution in [-0.4, -0.2) is 34.7 Å². The van der Waals surface area contributed by atoms with Crippen molar-refractivity contribution in [3.8, 4) is 11.8 Å². The second-order valence-electron chi connectivity index (χ2n) is 6.14. The van der Waals surface area contributed by atoms with Gasteiger partial charge in [0.25, 0.3) is 5.91 Å². The van der Waals surface area contributed by atoms with Crippen LogP contribution < -0.4 is 16.0 Å². The predicted molar refractivity (Wildman–Crippen MR) is 117 cm³/mol. The first-order valence-corrected chi connectivity index (χ1v) is 9.37. The van der Waals surface area contributed by atoms with Crippen molar-refractivity contribution in [3.63, 3.8) is 0 Å². The Bertz CT molecular complexity index is 1070. The van der Waals surface area contributed by atoms with Gasteiger partial charge < -0.3 is 25.7 Å². The zero-order valence-electron chi connectivity index (χ0n) is 15.9. The van der Waals surface area contributed by atoms with Crippen LogP contribution in [0.3, 0.4) is 0 Å². The maximum Gasteiger partial charge on any atom is 0.300 e. The van der Waals surface area contributed by atoms with E-state index in [0.29, 0.717) is 23.9 Å². The van der Waals surface area contributed by atoms with Crippen LogP contribution in [0, 0.1) is 11.8 Å². The molecule has 0 saturated carbocycles. The lowest BCUT2D eigenvalue weighted by atomic mass is 10.2. The number of thiocarbonyl (C=S) groups is 1. The molecular weight excluding hydrogens is 386 g/mol. The monoisotopic (exact) mass is 407 g/mol. The molecule has 0 radical (unpaired) electrons. The van der Waals surface area contributed by atoms with Crippen molar-refractivity contribution >= 4 is 40.0 Å². The van der Waals surface area contributed by atoms with Gasteiger partial charge in [-0.2, -0.15) is 0 Å². The molecule has 0 aliphatic heterocycles. The molecule has 1 aromatic carbocycles. The number of carbonyl (C=O) groups is 1. The van der Waals surface area contributed by atoms with Crippen molar-refractivity contribution in [2.75, 3.05) is 19.0 Å². The molecule has 0 saturated heterocycles. The van der Waals surface area contributed by atoms with Crippen LogP contribution in [0.1, 0.15) is 11.1 Å². The molecule has 7 nitrogen and oxygen atoms in total. The number of carbonyl (C=O) groups excluding carboxylic acids is 1. The molecule has 8 heteroatoms. The van der Waals surface area contributed by atoms with Gasteiger partial charge in [-0.15, -0.1) is 0 Å². The molecule has 3 rings (SSSR count). The molecular formula is C21H21N5O2S. The molecule has 3 aromatic rings. The average Bonchev–Trinajstić information content (AvgIpc) is 3.20. The summed E-state index contributed by atoms with van der Waals surface area (Å²) >= 11 is 5.37. The van der Waals surface area contributed by atoms with Crippen molar-refractivity contribution in [3.05, 3.63) is 59.9 Å². The van der Waals surface area contributed by atoms with Gasteiger partial charge >= 0.3 is 0 Å². The van der Waals surface area contributed by atoms with Crippen molar-refractivity contribution in [2.24, 2.45) is 0 Å². The molecule has 148 valence electrons. The number of methoxy groups -OCH3 is 1. The Morgan fingerprint density at radius 3 is 2.97 bits per heavy atom. The number of aromatic amines is 1. The molecule has 0 bridgehead atoms. The fraction of sp³-hybridized carbons (Fsp3) is 0.190. The van der Waals surface area contributed by atoms with E-state index >= 15 is 0 Å². The van der Waals surface area contributed by atoms with Gasteiger partial charge in [-0.3, -0.25) is 4.79 Å². The van der Waals surface area contributed by atoms with Gasteiger partial charge in [-0.05, 0) is 53.5 Å². The highest BCUT2D eigenvalue weighted by atomic mass is 32.1. The molecule has 0 unspecified atom stereocenters. The first-order chi connectivity index (χ1) is 14.2. The largest absolute Gasteiger partial charge is 0.372 e. The third-order valence-corrected chi connectivity index (χ3v) is 4.33. The minimum Gasteiger partial charge on any atom is -0.372 e. The summed E-state index contributed by atoms with van der Waals surface area (Å²) in [6.07, 6.45) is 3.64. The Labute approximate surface area is 174 Å². The Hall–Kier alpha value is -3.41. The minimum atomic E-state index is -0.377.